The first-order valence-electron chi connectivity index (χ1n) is 8.28. The Bertz CT molecular complexity index is 699. The number of aryl methyl sites for hydroxylation is 1. The average Bonchev–Trinajstić information content (AvgIpc) is 3.06. The van der Waals surface area contributed by atoms with Crippen molar-refractivity contribution in [2.75, 3.05) is 6.54 Å². The molecule has 1 aromatic heterocycles. The Morgan fingerprint density at radius 2 is 2.00 bits per heavy atom. The van der Waals surface area contributed by atoms with Gasteiger partial charge in [0.05, 0.1) is 18.2 Å². The van der Waals surface area contributed by atoms with E-state index in [-0.39, 0.29) is 13.2 Å². The number of aromatic nitrogens is 2. The zero-order chi connectivity index (χ0) is 18.2. The lowest BCUT2D eigenvalue weighted by atomic mass is 10.2. The zero-order valence-electron chi connectivity index (χ0n) is 14.5. The van der Waals surface area contributed by atoms with Gasteiger partial charge in [0.15, 0.2) is 6.04 Å². The molecule has 1 amide bonds. The molecule has 1 atom stereocenters. The molecule has 1 aromatic carbocycles. The molecule has 0 saturated heterocycles. The normalized spacial score (nSPS) is 11.8. The van der Waals surface area contributed by atoms with Crippen molar-refractivity contribution in [1.29, 1.82) is 0 Å². The molecule has 25 heavy (non-hydrogen) atoms. The van der Waals surface area contributed by atoms with E-state index in [0.717, 1.165) is 12.0 Å². The van der Waals surface area contributed by atoms with Crippen LogP contribution in [0.3, 0.4) is 0 Å². The Morgan fingerprint density at radius 3 is 2.60 bits per heavy atom. The van der Waals surface area contributed by atoms with E-state index < -0.39 is 18.1 Å². The Kier molecular flexibility index (Phi) is 6.56. The molecule has 0 spiro atoms. The second kappa shape index (κ2) is 8.86. The summed E-state index contributed by atoms with van der Waals surface area (Å²) in [4.78, 5) is 29.5. The maximum atomic E-state index is 12.5. The third-order valence-electron chi connectivity index (χ3n) is 3.82. The quantitative estimate of drug-likeness (QED) is 0.795. The zero-order valence-corrected chi connectivity index (χ0v) is 14.5. The standard InChI is InChI=1S/C18H23N3O4/c1-3-10-20-13-19-11-15(20)16(17(22)23)21(4-2)18(24)25-12-14-8-6-5-7-9-14/h5-9,11,13,16H,3-4,10,12H2,1-2H3,(H,22,23). The van der Waals surface area contributed by atoms with Crippen molar-refractivity contribution >= 4 is 12.1 Å². The van der Waals surface area contributed by atoms with Crippen molar-refractivity contribution < 1.29 is 19.4 Å². The predicted molar refractivity (Wildman–Crippen MR) is 91.9 cm³/mol. The van der Waals surface area contributed by atoms with Crippen LogP contribution in [0.5, 0.6) is 0 Å². The van der Waals surface area contributed by atoms with E-state index in [2.05, 4.69) is 4.98 Å². The van der Waals surface area contributed by atoms with Crippen molar-refractivity contribution in [2.24, 2.45) is 0 Å². The Hall–Kier alpha value is -2.83. The summed E-state index contributed by atoms with van der Waals surface area (Å²) in [6, 6.07) is 8.12. The van der Waals surface area contributed by atoms with Gasteiger partial charge in [-0.15, -0.1) is 0 Å². The summed E-state index contributed by atoms with van der Waals surface area (Å²) in [6.07, 6.45) is 3.24. The molecule has 2 aromatic rings. The molecule has 0 aliphatic rings. The van der Waals surface area contributed by atoms with Gasteiger partial charge in [-0.3, -0.25) is 4.90 Å². The van der Waals surface area contributed by atoms with Gasteiger partial charge in [-0.25, -0.2) is 14.6 Å². The summed E-state index contributed by atoms with van der Waals surface area (Å²) in [7, 11) is 0. The number of amides is 1. The van der Waals surface area contributed by atoms with E-state index >= 15 is 0 Å². The Labute approximate surface area is 146 Å². The van der Waals surface area contributed by atoms with Gasteiger partial charge in [0, 0.05) is 13.1 Å². The molecule has 1 unspecified atom stereocenters. The highest BCUT2D eigenvalue weighted by molar-refractivity contribution is 5.81. The summed E-state index contributed by atoms with van der Waals surface area (Å²) in [5.74, 6) is -1.11. The summed E-state index contributed by atoms with van der Waals surface area (Å²) in [5.41, 5.74) is 1.31. The van der Waals surface area contributed by atoms with Crippen molar-refractivity contribution in [1.82, 2.24) is 14.5 Å². The topological polar surface area (TPSA) is 84.7 Å². The van der Waals surface area contributed by atoms with Gasteiger partial charge in [-0.2, -0.15) is 0 Å². The Balaban J connectivity index is 2.17. The molecule has 2 rings (SSSR count). The molecule has 7 nitrogen and oxygen atoms in total. The third-order valence-corrected chi connectivity index (χ3v) is 3.82. The third kappa shape index (κ3) is 4.59. The minimum atomic E-state index is -1.14. The van der Waals surface area contributed by atoms with E-state index in [9.17, 15) is 14.7 Å². The van der Waals surface area contributed by atoms with Crippen LogP contribution in [-0.4, -0.2) is 38.2 Å². The van der Waals surface area contributed by atoms with Gasteiger partial charge < -0.3 is 14.4 Å². The molecule has 0 bridgehead atoms. The molecule has 134 valence electrons. The minimum Gasteiger partial charge on any atom is -0.479 e. The lowest BCUT2D eigenvalue weighted by Gasteiger charge is -2.27. The number of carbonyl (C=O) groups is 2. The molecular weight excluding hydrogens is 322 g/mol. The number of imidazole rings is 1. The van der Waals surface area contributed by atoms with Crippen LogP contribution in [0.25, 0.3) is 0 Å². The number of likely N-dealkylation sites (N-methyl/N-ethyl adjacent to an activating group) is 1. The van der Waals surface area contributed by atoms with Gasteiger partial charge in [0.25, 0.3) is 0 Å². The number of carboxylic acid groups (broad SMARTS) is 1. The molecule has 0 aliphatic heterocycles. The second-order valence-corrected chi connectivity index (χ2v) is 5.58. The number of hydrogen-bond donors (Lipinski definition) is 1. The first-order valence-corrected chi connectivity index (χ1v) is 8.28. The maximum Gasteiger partial charge on any atom is 0.411 e. The van der Waals surface area contributed by atoms with Gasteiger partial charge in [-0.05, 0) is 18.9 Å². The molecule has 0 aliphatic carbocycles. The molecule has 1 heterocycles. The van der Waals surface area contributed by atoms with Crippen LogP contribution in [0.15, 0.2) is 42.9 Å². The first-order chi connectivity index (χ1) is 12.1. The summed E-state index contributed by atoms with van der Waals surface area (Å²) in [5, 5.41) is 9.68. The van der Waals surface area contributed by atoms with Crippen molar-refractivity contribution in [2.45, 2.75) is 39.5 Å². The predicted octanol–water partition coefficient (Wildman–Crippen LogP) is 3.08. The van der Waals surface area contributed by atoms with Crippen molar-refractivity contribution in [3.8, 4) is 0 Å². The average molecular weight is 345 g/mol. The SMILES string of the molecule is CCCn1cncc1C(C(=O)O)N(CC)C(=O)OCc1ccccc1. The highest BCUT2D eigenvalue weighted by Crippen LogP contribution is 2.22. The number of hydrogen-bond acceptors (Lipinski definition) is 4. The van der Waals surface area contributed by atoms with E-state index in [0.29, 0.717) is 12.2 Å². The molecule has 1 N–H and O–H groups in total. The van der Waals surface area contributed by atoms with E-state index in [1.165, 1.54) is 11.1 Å². The summed E-state index contributed by atoms with van der Waals surface area (Å²) < 4.78 is 7.06. The monoisotopic (exact) mass is 345 g/mol. The lowest BCUT2D eigenvalue weighted by Crippen LogP contribution is -2.40. The van der Waals surface area contributed by atoms with E-state index in [1.54, 1.807) is 17.8 Å². The van der Waals surface area contributed by atoms with Crippen molar-refractivity contribution in [3.05, 3.63) is 54.1 Å². The number of ether oxygens (including phenoxy) is 1. The van der Waals surface area contributed by atoms with Crippen LogP contribution in [0.4, 0.5) is 4.79 Å². The molecule has 0 fully saturated rings. The molecule has 7 heteroatoms. The van der Waals surface area contributed by atoms with Crippen LogP contribution < -0.4 is 0 Å². The van der Waals surface area contributed by atoms with E-state index in [4.69, 9.17) is 4.74 Å². The number of carbonyl (C=O) groups excluding carboxylic acids is 1. The molecule has 0 saturated carbocycles. The number of carboxylic acids is 1. The summed E-state index contributed by atoms with van der Waals surface area (Å²) in [6.45, 7) is 4.65. The highest BCUT2D eigenvalue weighted by Gasteiger charge is 2.33. The number of nitrogens with zero attached hydrogens (tertiary/aromatic N) is 3. The van der Waals surface area contributed by atoms with Gasteiger partial charge in [0.1, 0.15) is 6.61 Å². The first kappa shape index (κ1) is 18.5. The molecular formula is C18H23N3O4. The lowest BCUT2D eigenvalue weighted by molar-refractivity contribution is -0.143. The van der Waals surface area contributed by atoms with Crippen molar-refractivity contribution in [3.63, 3.8) is 0 Å². The number of benzene rings is 1. The van der Waals surface area contributed by atoms with E-state index in [1.807, 2.05) is 37.3 Å². The highest BCUT2D eigenvalue weighted by atomic mass is 16.6. The largest absolute Gasteiger partial charge is 0.479 e. The number of rotatable bonds is 8. The fourth-order valence-corrected chi connectivity index (χ4v) is 2.63. The van der Waals surface area contributed by atoms with Gasteiger partial charge in [0.2, 0.25) is 0 Å². The smallest absolute Gasteiger partial charge is 0.411 e. The Morgan fingerprint density at radius 1 is 1.28 bits per heavy atom. The van der Waals surface area contributed by atoms with Crippen LogP contribution >= 0.6 is 0 Å². The van der Waals surface area contributed by atoms with Crippen LogP contribution in [0.2, 0.25) is 0 Å². The molecule has 0 radical (unpaired) electrons. The maximum absolute atomic E-state index is 12.5. The fraction of sp³-hybridized carbons (Fsp3) is 0.389. The fourth-order valence-electron chi connectivity index (χ4n) is 2.63. The number of aliphatic carboxylic acids is 1. The van der Waals surface area contributed by atoms with Crippen LogP contribution in [-0.2, 0) is 22.7 Å². The van der Waals surface area contributed by atoms with Crippen LogP contribution in [0, 0.1) is 0 Å². The minimum absolute atomic E-state index is 0.0940. The summed E-state index contributed by atoms with van der Waals surface area (Å²) >= 11 is 0. The van der Waals surface area contributed by atoms with Gasteiger partial charge >= 0.3 is 12.1 Å². The van der Waals surface area contributed by atoms with Gasteiger partial charge in [-0.1, -0.05) is 37.3 Å². The second-order valence-electron chi connectivity index (χ2n) is 5.58. The van der Waals surface area contributed by atoms with Crippen LogP contribution in [0.1, 0.15) is 37.6 Å².